The van der Waals surface area contributed by atoms with Crippen LogP contribution in [0.3, 0.4) is 0 Å². The lowest BCUT2D eigenvalue weighted by atomic mass is 9.80. The summed E-state index contributed by atoms with van der Waals surface area (Å²) >= 11 is 5.96. The molecule has 0 aliphatic rings. The maximum absolute atomic E-state index is 12.1. The molecule has 0 aliphatic heterocycles. The summed E-state index contributed by atoms with van der Waals surface area (Å²) in [6, 6.07) is 4.56. The molecule has 0 fully saturated rings. The quantitative estimate of drug-likeness (QED) is 0.835. The van der Waals surface area contributed by atoms with E-state index >= 15 is 0 Å². The van der Waals surface area contributed by atoms with Gasteiger partial charge >= 0.3 is 13.2 Å². The van der Waals surface area contributed by atoms with Gasteiger partial charge in [0, 0.05) is 22.7 Å². The third-order valence-electron chi connectivity index (χ3n) is 2.50. The third kappa shape index (κ3) is 4.40. The molecule has 0 spiro atoms. The van der Waals surface area contributed by atoms with Crippen LogP contribution in [-0.4, -0.2) is 35.4 Å². The smallest absolute Gasteiger partial charge is 0.443 e. The van der Waals surface area contributed by atoms with Crippen LogP contribution >= 0.6 is 11.6 Å². The Morgan fingerprint density at radius 3 is 2.40 bits per heavy atom. The van der Waals surface area contributed by atoms with Gasteiger partial charge in [-0.15, -0.1) is 0 Å². The molecule has 110 valence electrons. The summed E-state index contributed by atoms with van der Waals surface area (Å²) in [5.41, 5.74) is 0.141. The van der Waals surface area contributed by atoms with Gasteiger partial charge in [0.15, 0.2) is 0 Å². The Labute approximate surface area is 124 Å². The maximum atomic E-state index is 12.1. The van der Waals surface area contributed by atoms with Crippen molar-refractivity contribution < 1.29 is 19.6 Å². The van der Waals surface area contributed by atoms with Crippen LogP contribution in [0.15, 0.2) is 18.2 Å². The molecule has 0 aliphatic carbocycles. The molecule has 1 amide bonds. The van der Waals surface area contributed by atoms with Gasteiger partial charge in [-0.3, -0.25) is 4.90 Å². The van der Waals surface area contributed by atoms with Gasteiger partial charge in [-0.25, -0.2) is 4.79 Å². The van der Waals surface area contributed by atoms with Crippen LogP contribution in [-0.2, 0) is 4.74 Å². The summed E-state index contributed by atoms with van der Waals surface area (Å²) in [6.45, 7) is 7.59. The first-order chi connectivity index (χ1) is 9.15. The lowest BCUT2D eigenvalue weighted by Gasteiger charge is -2.26. The van der Waals surface area contributed by atoms with Crippen molar-refractivity contribution in [2.45, 2.75) is 33.3 Å². The molecule has 0 atom stereocenters. The van der Waals surface area contributed by atoms with E-state index in [2.05, 4.69) is 0 Å². The standard InChI is InChI=1S/C13H19BClNO4/c1-5-16(12(17)20-13(2,3)4)9-6-7-10(14(18)19)11(15)8-9/h6-8,18-19H,5H2,1-4H3. The van der Waals surface area contributed by atoms with E-state index < -0.39 is 18.8 Å². The number of anilines is 1. The zero-order valence-corrected chi connectivity index (χ0v) is 12.8. The van der Waals surface area contributed by atoms with Crippen molar-refractivity contribution in [3.05, 3.63) is 23.2 Å². The SMILES string of the molecule is CCN(C(=O)OC(C)(C)C)c1ccc(B(O)O)c(Cl)c1. The number of carbonyl (C=O) groups is 1. The molecule has 20 heavy (non-hydrogen) atoms. The Morgan fingerprint density at radius 1 is 1.40 bits per heavy atom. The molecule has 0 saturated heterocycles. The molecule has 0 aromatic heterocycles. The van der Waals surface area contributed by atoms with Crippen molar-refractivity contribution in [2.24, 2.45) is 0 Å². The summed E-state index contributed by atoms with van der Waals surface area (Å²) in [5.74, 6) is 0. The average Bonchev–Trinajstić information content (AvgIpc) is 2.26. The summed E-state index contributed by atoms with van der Waals surface area (Å²) in [5, 5.41) is 18.4. The van der Waals surface area contributed by atoms with Gasteiger partial charge in [-0.2, -0.15) is 0 Å². The van der Waals surface area contributed by atoms with Gasteiger partial charge in [-0.05, 0) is 39.8 Å². The predicted octanol–water partition coefficient (Wildman–Crippen LogP) is 1.78. The number of carbonyl (C=O) groups excluding carboxylic acids is 1. The van der Waals surface area contributed by atoms with E-state index in [-0.39, 0.29) is 10.5 Å². The lowest BCUT2D eigenvalue weighted by Crippen LogP contribution is -2.37. The number of rotatable bonds is 3. The molecule has 2 N–H and O–H groups in total. The normalized spacial score (nSPS) is 11.2. The number of halogens is 1. The molecule has 1 rings (SSSR count). The van der Waals surface area contributed by atoms with Gasteiger partial charge in [0.25, 0.3) is 0 Å². The zero-order valence-electron chi connectivity index (χ0n) is 12.1. The minimum atomic E-state index is -1.65. The van der Waals surface area contributed by atoms with Crippen LogP contribution in [0.4, 0.5) is 10.5 Å². The third-order valence-corrected chi connectivity index (χ3v) is 2.83. The van der Waals surface area contributed by atoms with Gasteiger partial charge in [0.05, 0.1) is 0 Å². The van der Waals surface area contributed by atoms with E-state index in [1.807, 2.05) is 6.92 Å². The summed E-state index contributed by atoms with van der Waals surface area (Å²) in [7, 11) is -1.65. The number of nitrogens with zero attached hydrogens (tertiary/aromatic N) is 1. The van der Waals surface area contributed by atoms with Crippen LogP contribution in [0.1, 0.15) is 27.7 Å². The maximum Gasteiger partial charge on any atom is 0.489 e. The van der Waals surface area contributed by atoms with Gasteiger partial charge in [0.1, 0.15) is 5.60 Å². The van der Waals surface area contributed by atoms with E-state index in [0.29, 0.717) is 12.2 Å². The Balaban J connectivity index is 3.02. The van der Waals surface area contributed by atoms with Crippen LogP contribution in [0, 0.1) is 0 Å². The van der Waals surface area contributed by atoms with E-state index in [1.165, 1.54) is 17.0 Å². The van der Waals surface area contributed by atoms with E-state index in [1.54, 1.807) is 26.8 Å². The monoisotopic (exact) mass is 299 g/mol. The summed E-state index contributed by atoms with van der Waals surface area (Å²) in [6.07, 6.45) is -0.478. The van der Waals surface area contributed by atoms with Gasteiger partial charge < -0.3 is 14.8 Å². The fraction of sp³-hybridized carbons (Fsp3) is 0.462. The number of ether oxygens (including phenoxy) is 1. The second-order valence-electron chi connectivity index (χ2n) is 5.30. The molecule has 1 aromatic rings. The van der Waals surface area contributed by atoms with Crippen LogP contribution in [0.2, 0.25) is 5.02 Å². The van der Waals surface area contributed by atoms with Crippen molar-refractivity contribution in [1.29, 1.82) is 0 Å². The van der Waals surface area contributed by atoms with Crippen molar-refractivity contribution in [3.8, 4) is 0 Å². The summed E-state index contributed by atoms with van der Waals surface area (Å²) in [4.78, 5) is 13.5. The zero-order chi connectivity index (χ0) is 15.5. The first-order valence-electron chi connectivity index (χ1n) is 6.32. The number of hydrogen-bond acceptors (Lipinski definition) is 4. The first kappa shape index (κ1) is 16.8. The molecule has 7 heteroatoms. The van der Waals surface area contributed by atoms with Crippen LogP contribution < -0.4 is 10.4 Å². The molecule has 0 radical (unpaired) electrons. The molecule has 5 nitrogen and oxygen atoms in total. The van der Waals surface area contributed by atoms with Crippen LogP contribution in [0.5, 0.6) is 0 Å². The molecule has 0 bridgehead atoms. The molecular formula is C13H19BClNO4. The first-order valence-corrected chi connectivity index (χ1v) is 6.69. The van der Waals surface area contributed by atoms with Crippen molar-refractivity contribution in [3.63, 3.8) is 0 Å². The molecule has 0 unspecified atom stereocenters. The second kappa shape index (κ2) is 6.48. The van der Waals surface area contributed by atoms with E-state index in [9.17, 15) is 4.79 Å². The fourth-order valence-corrected chi connectivity index (χ4v) is 1.90. The Hall–Kier alpha value is -1.24. The topological polar surface area (TPSA) is 70.0 Å². The van der Waals surface area contributed by atoms with Crippen LogP contribution in [0.25, 0.3) is 0 Å². The average molecular weight is 300 g/mol. The van der Waals surface area contributed by atoms with Crippen molar-refractivity contribution >= 4 is 36.0 Å². The predicted molar refractivity (Wildman–Crippen MR) is 80.5 cm³/mol. The van der Waals surface area contributed by atoms with Gasteiger partial charge in [0.2, 0.25) is 0 Å². The van der Waals surface area contributed by atoms with Crippen molar-refractivity contribution in [1.82, 2.24) is 0 Å². The highest BCUT2D eigenvalue weighted by Crippen LogP contribution is 2.21. The Morgan fingerprint density at radius 2 is 2.00 bits per heavy atom. The highest BCUT2D eigenvalue weighted by molar-refractivity contribution is 6.62. The lowest BCUT2D eigenvalue weighted by molar-refractivity contribution is 0.0582. The number of benzene rings is 1. The van der Waals surface area contributed by atoms with Crippen molar-refractivity contribution in [2.75, 3.05) is 11.4 Å². The molecular weight excluding hydrogens is 280 g/mol. The van der Waals surface area contributed by atoms with Gasteiger partial charge in [-0.1, -0.05) is 17.7 Å². The highest BCUT2D eigenvalue weighted by Gasteiger charge is 2.23. The largest absolute Gasteiger partial charge is 0.489 e. The minimum absolute atomic E-state index is 0.180. The number of hydrogen-bond donors (Lipinski definition) is 2. The highest BCUT2D eigenvalue weighted by atomic mass is 35.5. The summed E-state index contributed by atoms with van der Waals surface area (Å²) < 4.78 is 5.31. The minimum Gasteiger partial charge on any atom is -0.443 e. The molecule has 0 heterocycles. The Bertz CT molecular complexity index is 488. The molecule has 0 saturated carbocycles. The Kier molecular flexibility index (Phi) is 5.45. The number of amides is 1. The molecule has 1 aromatic carbocycles. The fourth-order valence-electron chi connectivity index (χ4n) is 1.63. The van der Waals surface area contributed by atoms with E-state index in [4.69, 9.17) is 26.4 Å². The second-order valence-corrected chi connectivity index (χ2v) is 5.71. The van der Waals surface area contributed by atoms with E-state index in [0.717, 1.165) is 0 Å².